The second-order valence-electron chi connectivity index (χ2n) is 11.7. The van der Waals surface area contributed by atoms with Crippen LogP contribution in [0.2, 0.25) is 0 Å². The zero-order valence-electron chi connectivity index (χ0n) is 39.6. The molecule has 10 aromatic rings. The lowest BCUT2D eigenvalue weighted by Gasteiger charge is -2.20. The molecule has 10 rings (SSSR count). The van der Waals surface area contributed by atoms with E-state index in [0.29, 0.717) is 21.9 Å². The van der Waals surface area contributed by atoms with Gasteiger partial charge >= 0.3 is 0 Å². The zero-order valence-corrected chi connectivity index (χ0v) is 25.6. The number of hydrogen-bond acceptors (Lipinski definition) is 1. The minimum atomic E-state index is -0.570. The van der Waals surface area contributed by atoms with Gasteiger partial charge in [0.2, 0.25) is 0 Å². The predicted molar refractivity (Wildman–Crippen MR) is 208 cm³/mol. The lowest BCUT2D eigenvalue weighted by atomic mass is 9.83. The van der Waals surface area contributed by atoms with Gasteiger partial charge < -0.3 is 4.42 Å². The summed E-state index contributed by atoms with van der Waals surface area (Å²) in [7, 11) is 0. The number of rotatable bonds is 4. The van der Waals surface area contributed by atoms with Crippen molar-refractivity contribution in [1.29, 1.82) is 0 Å². The van der Waals surface area contributed by atoms with Crippen LogP contribution in [0.25, 0.3) is 98.8 Å². The van der Waals surface area contributed by atoms with Crippen LogP contribution in [-0.2, 0) is 0 Å². The molecule has 49 heavy (non-hydrogen) atoms. The van der Waals surface area contributed by atoms with Gasteiger partial charge in [-0.15, -0.1) is 0 Å². The molecule has 0 fully saturated rings. The van der Waals surface area contributed by atoms with E-state index in [1.165, 1.54) is 0 Å². The Labute approximate surface area is 304 Å². The van der Waals surface area contributed by atoms with Crippen molar-refractivity contribution in [1.82, 2.24) is 0 Å². The summed E-state index contributed by atoms with van der Waals surface area (Å²) in [6.45, 7) is 0. The smallest absolute Gasteiger partial charge is 0.136 e. The highest BCUT2D eigenvalue weighted by molar-refractivity contribution is 6.23. The van der Waals surface area contributed by atoms with E-state index in [1.54, 1.807) is 12.1 Å². The van der Waals surface area contributed by atoms with Crippen LogP contribution in [-0.4, -0.2) is 0 Å². The Kier molecular flexibility index (Phi) is 3.87. The predicted octanol–water partition coefficient (Wildman–Crippen LogP) is 13.7. The molecular weight excluding hydrogens is 593 g/mol. The Hall–Kier alpha value is -6.44. The Morgan fingerprint density at radius 3 is 1.59 bits per heavy atom. The maximum absolute atomic E-state index is 9.80. The van der Waals surface area contributed by atoms with E-state index < -0.39 is 48.3 Å². The lowest BCUT2D eigenvalue weighted by Crippen LogP contribution is -1.92. The van der Waals surface area contributed by atoms with Gasteiger partial charge in [-0.25, -0.2) is 0 Å². The summed E-state index contributed by atoms with van der Waals surface area (Å²) in [5, 5.41) is 2.40. The first-order valence-electron chi connectivity index (χ1n) is 22.7. The van der Waals surface area contributed by atoms with E-state index in [-0.39, 0.29) is 80.1 Å². The van der Waals surface area contributed by atoms with Gasteiger partial charge in [-0.05, 0) is 101 Å². The largest absolute Gasteiger partial charge is 0.456 e. The van der Waals surface area contributed by atoms with Crippen LogP contribution in [0.1, 0.15) is 19.2 Å². The van der Waals surface area contributed by atoms with Gasteiger partial charge in [-0.1, -0.05) is 157 Å². The van der Waals surface area contributed by atoms with Gasteiger partial charge in [-0.2, -0.15) is 0 Å². The first kappa shape index (κ1) is 17.1. The Morgan fingerprint density at radius 1 is 0.347 bits per heavy atom. The molecule has 0 unspecified atom stereocenters. The standard InChI is InChI=1S/C48H30O/c1-2-12-31(13-3-1)32-22-24-33(25-23-32)37-16-6-7-17-38(37)48-41-20-10-8-18-39(41)47(40-19-9-11-21-42(40)48)36-26-27-45-43(29-36)44-28-34-14-4-5-15-35(34)30-46(44)49-45/h1-30H/i1D,2D,3D,4D,5D,12D,13D,14D,15D,26D,27D,28D,29D,30D. The quantitative estimate of drug-likeness (QED) is 0.175. The Bertz CT molecular complexity index is 3580. The second-order valence-corrected chi connectivity index (χ2v) is 11.7. The molecule has 0 spiro atoms. The number of benzene rings is 9. The van der Waals surface area contributed by atoms with Gasteiger partial charge in [0.25, 0.3) is 0 Å². The molecule has 0 aliphatic rings. The van der Waals surface area contributed by atoms with Gasteiger partial charge in [0, 0.05) is 10.8 Å². The van der Waals surface area contributed by atoms with Gasteiger partial charge in [0.15, 0.2) is 0 Å². The number of fused-ring (bicyclic) bond motifs is 6. The first-order valence-corrected chi connectivity index (χ1v) is 15.7. The third kappa shape index (κ3) is 4.47. The molecule has 0 N–H and O–H groups in total. The van der Waals surface area contributed by atoms with Crippen LogP contribution < -0.4 is 0 Å². The molecule has 0 amide bonds. The monoisotopic (exact) mass is 636 g/mol. The SMILES string of the molecule is [2H]c1c([2H])c([2H])c(-c2ccc(-c3ccccc3-c3c4ccccc4c(-c4c([2H])c([2H])c5oc6c([2H])c7c([2H])c([2H])c([2H])c([2H])c7c([2H])c6c5c4[2H])c4ccccc34)cc2)c([2H])c1[2H]. The Balaban J connectivity index is 1.24. The van der Waals surface area contributed by atoms with E-state index in [4.69, 9.17) is 18.1 Å². The first-order chi connectivity index (χ1) is 30.1. The lowest BCUT2D eigenvalue weighted by molar-refractivity contribution is 0.669. The average molecular weight is 637 g/mol. The van der Waals surface area contributed by atoms with Crippen LogP contribution in [0, 0.1) is 0 Å². The fraction of sp³-hybridized carbons (Fsp3) is 0. The van der Waals surface area contributed by atoms with Gasteiger partial charge in [-0.3, -0.25) is 0 Å². The summed E-state index contributed by atoms with van der Waals surface area (Å²) in [5.74, 6) is 0. The molecule has 0 radical (unpaired) electrons. The molecule has 9 aromatic carbocycles. The summed E-state index contributed by atoms with van der Waals surface area (Å²) in [6, 6.07) is 24.4. The summed E-state index contributed by atoms with van der Waals surface area (Å²) >= 11 is 0. The van der Waals surface area contributed by atoms with Crippen LogP contribution in [0.5, 0.6) is 0 Å². The number of hydrogen-bond donors (Lipinski definition) is 0. The molecule has 0 saturated carbocycles. The average Bonchev–Trinajstić information content (AvgIpc) is 3.71. The molecule has 0 atom stereocenters. The minimum absolute atomic E-state index is 0.0107. The maximum Gasteiger partial charge on any atom is 0.136 e. The molecule has 1 nitrogen and oxygen atoms in total. The molecule has 0 aliphatic heterocycles. The van der Waals surface area contributed by atoms with Crippen molar-refractivity contribution >= 4 is 54.3 Å². The van der Waals surface area contributed by atoms with Crippen molar-refractivity contribution in [3.63, 3.8) is 0 Å². The minimum Gasteiger partial charge on any atom is -0.456 e. The van der Waals surface area contributed by atoms with E-state index in [0.717, 1.165) is 33.0 Å². The van der Waals surface area contributed by atoms with Crippen molar-refractivity contribution in [2.75, 3.05) is 0 Å². The highest BCUT2D eigenvalue weighted by Crippen LogP contribution is 2.47. The van der Waals surface area contributed by atoms with Crippen molar-refractivity contribution < 1.29 is 23.6 Å². The van der Waals surface area contributed by atoms with Crippen molar-refractivity contribution in [3.8, 4) is 44.5 Å². The maximum atomic E-state index is 9.80. The fourth-order valence-corrected chi connectivity index (χ4v) is 6.84. The highest BCUT2D eigenvalue weighted by Gasteiger charge is 2.20. The van der Waals surface area contributed by atoms with Crippen LogP contribution in [0.4, 0.5) is 0 Å². The van der Waals surface area contributed by atoms with E-state index in [9.17, 15) is 5.48 Å². The van der Waals surface area contributed by atoms with Crippen LogP contribution in [0.3, 0.4) is 0 Å². The highest BCUT2D eigenvalue weighted by atomic mass is 16.3. The Morgan fingerprint density at radius 2 is 0.898 bits per heavy atom. The molecule has 0 saturated heterocycles. The number of furan rings is 1. The normalized spacial score (nSPS) is 15.7. The van der Waals surface area contributed by atoms with E-state index >= 15 is 0 Å². The van der Waals surface area contributed by atoms with E-state index in [1.807, 2.05) is 84.9 Å². The molecule has 228 valence electrons. The van der Waals surface area contributed by atoms with Gasteiger partial charge in [0.05, 0.1) is 19.2 Å². The van der Waals surface area contributed by atoms with Gasteiger partial charge in [0.1, 0.15) is 11.2 Å². The van der Waals surface area contributed by atoms with Crippen molar-refractivity contribution in [2.24, 2.45) is 0 Å². The third-order valence-electron chi connectivity index (χ3n) is 9.00. The third-order valence-corrected chi connectivity index (χ3v) is 9.00. The summed E-state index contributed by atoms with van der Waals surface area (Å²) < 4.78 is 128. The van der Waals surface area contributed by atoms with Crippen molar-refractivity contribution in [3.05, 3.63) is 182 Å². The molecule has 1 aromatic heterocycles. The topological polar surface area (TPSA) is 13.1 Å². The molecular formula is C48H30O. The second kappa shape index (κ2) is 11.1. The van der Waals surface area contributed by atoms with Crippen LogP contribution >= 0.6 is 0 Å². The summed E-state index contributed by atoms with van der Waals surface area (Å²) in [6.07, 6.45) is 0. The molecule has 0 aliphatic carbocycles. The summed E-state index contributed by atoms with van der Waals surface area (Å²) in [4.78, 5) is 0. The molecule has 1 heterocycles. The fourth-order valence-electron chi connectivity index (χ4n) is 6.84. The molecule has 1 heteroatoms. The summed E-state index contributed by atoms with van der Waals surface area (Å²) in [5.41, 5.74) is 4.08. The zero-order chi connectivity index (χ0) is 44.5. The molecule has 0 bridgehead atoms. The van der Waals surface area contributed by atoms with Crippen LogP contribution in [0.15, 0.2) is 186 Å². The van der Waals surface area contributed by atoms with E-state index in [2.05, 4.69) is 0 Å². The van der Waals surface area contributed by atoms with Crippen molar-refractivity contribution in [2.45, 2.75) is 0 Å².